The van der Waals surface area contributed by atoms with E-state index < -0.39 is 23.9 Å². The Morgan fingerprint density at radius 2 is 2.04 bits per heavy atom. The van der Waals surface area contributed by atoms with Gasteiger partial charge in [-0.2, -0.15) is 13.2 Å². The Labute approximate surface area is 134 Å². The Hall–Kier alpha value is -2.03. The van der Waals surface area contributed by atoms with Gasteiger partial charge in [-0.25, -0.2) is 0 Å². The van der Waals surface area contributed by atoms with E-state index in [9.17, 15) is 18.0 Å². The molecule has 0 bridgehead atoms. The molecule has 9 heteroatoms. The van der Waals surface area contributed by atoms with Crippen molar-refractivity contribution in [2.24, 2.45) is 0 Å². The summed E-state index contributed by atoms with van der Waals surface area (Å²) in [5.74, 6) is -0.448. The van der Waals surface area contributed by atoms with Crippen LogP contribution in [0.1, 0.15) is 12.5 Å². The standard InChI is InChI=1S/C14H14F3N3O2S/c1-8-5-3-4-6-10(8)12-19-20-13(22-12)23-9(2)11(21)18-7-14(15,16)17/h3-6,9H,7H2,1-2H3,(H,18,21). The first kappa shape index (κ1) is 17.3. The van der Waals surface area contributed by atoms with Gasteiger partial charge in [0.1, 0.15) is 6.54 Å². The van der Waals surface area contributed by atoms with Crippen LogP contribution in [0.5, 0.6) is 0 Å². The molecule has 1 aromatic heterocycles. The first-order chi connectivity index (χ1) is 10.8. The van der Waals surface area contributed by atoms with Gasteiger partial charge in [0, 0.05) is 5.56 Å². The van der Waals surface area contributed by atoms with E-state index in [1.165, 1.54) is 6.92 Å². The number of hydrogen-bond acceptors (Lipinski definition) is 5. The molecular formula is C14H14F3N3O2S. The molecule has 1 atom stereocenters. The number of nitrogens with one attached hydrogen (secondary N) is 1. The summed E-state index contributed by atoms with van der Waals surface area (Å²) in [5, 5.41) is 8.85. The number of amides is 1. The van der Waals surface area contributed by atoms with E-state index in [1.807, 2.05) is 36.5 Å². The van der Waals surface area contributed by atoms with Gasteiger partial charge in [0.05, 0.1) is 5.25 Å². The van der Waals surface area contributed by atoms with Crippen molar-refractivity contribution in [3.8, 4) is 11.5 Å². The van der Waals surface area contributed by atoms with Crippen molar-refractivity contribution in [3.05, 3.63) is 29.8 Å². The maximum atomic E-state index is 12.1. The van der Waals surface area contributed by atoms with Crippen molar-refractivity contribution in [1.29, 1.82) is 0 Å². The zero-order chi connectivity index (χ0) is 17.0. The first-order valence-electron chi connectivity index (χ1n) is 6.67. The Morgan fingerprint density at radius 3 is 2.70 bits per heavy atom. The summed E-state index contributed by atoms with van der Waals surface area (Å²) in [7, 11) is 0. The van der Waals surface area contributed by atoms with Gasteiger partial charge in [-0.3, -0.25) is 4.79 Å². The fourth-order valence-electron chi connectivity index (χ4n) is 1.71. The van der Waals surface area contributed by atoms with Crippen LogP contribution in [-0.2, 0) is 4.79 Å². The molecule has 0 saturated heterocycles. The quantitative estimate of drug-likeness (QED) is 0.843. The first-order valence-corrected chi connectivity index (χ1v) is 7.55. The minimum Gasteiger partial charge on any atom is -0.411 e. The molecule has 1 heterocycles. The van der Waals surface area contributed by atoms with Crippen LogP contribution in [0.25, 0.3) is 11.5 Å². The van der Waals surface area contributed by atoms with E-state index in [1.54, 1.807) is 0 Å². The molecule has 2 aromatic rings. The number of alkyl halides is 3. The molecular weight excluding hydrogens is 331 g/mol. The highest BCUT2D eigenvalue weighted by atomic mass is 32.2. The normalized spacial score (nSPS) is 12.9. The second-order valence-corrected chi connectivity index (χ2v) is 6.07. The molecule has 0 fully saturated rings. The predicted octanol–water partition coefficient (Wildman–Crippen LogP) is 3.20. The summed E-state index contributed by atoms with van der Waals surface area (Å²) in [6.45, 7) is 1.99. The zero-order valence-electron chi connectivity index (χ0n) is 12.3. The average molecular weight is 345 g/mol. The van der Waals surface area contributed by atoms with Crippen LogP contribution in [-0.4, -0.2) is 34.1 Å². The third kappa shape index (κ3) is 4.98. The van der Waals surface area contributed by atoms with Crippen LogP contribution < -0.4 is 5.32 Å². The highest BCUT2D eigenvalue weighted by molar-refractivity contribution is 8.00. The number of nitrogens with zero attached hydrogens (tertiary/aromatic N) is 2. The maximum absolute atomic E-state index is 12.1. The van der Waals surface area contributed by atoms with E-state index in [4.69, 9.17) is 4.42 Å². The number of aromatic nitrogens is 2. The summed E-state index contributed by atoms with van der Waals surface area (Å²) in [4.78, 5) is 11.6. The van der Waals surface area contributed by atoms with Gasteiger partial charge in [0.25, 0.3) is 5.22 Å². The summed E-state index contributed by atoms with van der Waals surface area (Å²) in [5.41, 5.74) is 1.71. The molecule has 1 N–H and O–H groups in total. The van der Waals surface area contributed by atoms with Gasteiger partial charge < -0.3 is 9.73 Å². The second-order valence-electron chi connectivity index (χ2n) is 4.78. The number of carbonyl (C=O) groups excluding carboxylic acids is 1. The molecule has 0 spiro atoms. The number of halogens is 3. The van der Waals surface area contributed by atoms with Gasteiger partial charge in [-0.05, 0) is 25.5 Å². The number of hydrogen-bond donors (Lipinski definition) is 1. The molecule has 1 aromatic carbocycles. The number of benzene rings is 1. The van der Waals surface area contributed by atoms with Gasteiger partial charge in [0.2, 0.25) is 11.8 Å². The lowest BCUT2D eigenvalue weighted by atomic mass is 10.1. The molecule has 23 heavy (non-hydrogen) atoms. The van der Waals surface area contributed by atoms with Crippen LogP contribution >= 0.6 is 11.8 Å². The molecule has 124 valence electrons. The smallest absolute Gasteiger partial charge is 0.405 e. The lowest BCUT2D eigenvalue weighted by molar-refractivity contribution is -0.137. The second kappa shape index (κ2) is 7.03. The summed E-state index contributed by atoms with van der Waals surface area (Å²) in [6, 6.07) is 7.40. The predicted molar refractivity (Wildman–Crippen MR) is 78.9 cm³/mol. The van der Waals surface area contributed by atoms with Gasteiger partial charge >= 0.3 is 6.18 Å². The third-order valence-electron chi connectivity index (χ3n) is 2.89. The van der Waals surface area contributed by atoms with Gasteiger partial charge in [-0.1, -0.05) is 30.0 Å². The van der Waals surface area contributed by atoms with Gasteiger partial charge in [-0.15, -0.1) is 10.2 Å². The molecule has 0 saturated carbocycles. The monoisotopic (exact) mass is 345 g/mol. The van der Waals surface area contributed by atoms with E-state index in [0.29, 0.717) is 5.89 Å². The van der Waals surface area contributed by atoms with Crippen LogP contribution in [0.15, 0.2) is 33.9 Å². The minimum absolute atomic E-state index is 0.123. The highest BCUT2D eigenvalue weighted by Gasteiger charge is 2.29. The number of rotatable bonds is 5. The van der Waals surface area contributed by atoms with Crippen molar-refractivity contribution >= 4 is 17.7 Å². The SMILES string of the molecule is Cc1ccccc1-c1nnc(SC(C)C(=O)NCC(F)(F)F)o1. The number of carbonyl (C=O) groups is 1. The van der Waals surface area contributed by atoms with Crippen molar-refractivity contribution in [2.45, 2.75) is 30.5 Å². The van der Waals surface area contributed by atoms with Crippen LogP contribution in [0.2, 0.25) is 0 Å². The van der Waals surface area contributed by atoms with Crippen LogP contribution in [0.3, 0.4) is 0 Å². The largest absolute Gasteiger partial charge is 0.411 e. The van der Waals surface area contributed by atoms with E-state index >= 15 is 0 Å². The Balaban J connectivity index is 1.99. The lowest BCUT2D eigenvalue weighted by Crippen LogP contribution is -2.37. The third-order valence-corrected chi connectivity index (χ3v) is 3.83. The summed E-state index contributed by atoms with van der Waals surface area (Å²) in [6.07, 6.45) is -4.44. The minimum atomic E-state index is -4.44. The Bertz CT molecular complexity index is 688. The summed E-state index contributed by atoms with van der Waals surface area (Å²) < 4.78 is 41.7. The topological polar surface area (TPSA) is 68.0 Å². The van der Waals surface area contributed by atoms with E-state index in [2.05, 4.69) is 10.2 Å². The van der Waals surface area contributed by atoms with Crippen molar-refractivity contribution in [3.63, 3.8) is 0 Å². The molecule has 0 aliphatic carbocycles. The van der Waals surface area contributed by atoms with Crippen molar-refractivity contribution in [2.75, 3.05) is 6.54 Å². The van der Waals surface area contributed by atoms with Crippen LogP contribution in [0, 0.1) is 6.92 Å². The number of aryl methyl sites for hydroxylation is 1. The highest BCUT2D eigenvalue weighted by Crippen LogP contribution is 2.27. The molecule has 1 amide bonds. The van der Waals surface area contributed by atoms with E-state index in [0.717, 1.165) is 22.9 Å². The molecule has 0 radical (unpaired) electrons. The molecule has 5 nitrogen and oxygen atoms in total. The lowest BCUT2D eigenvalue weighted by Gasteiger charge is -2.11. The molecule has 1 unspecified atom stereocenters. The van der Waals surface area contributed by atoms with Gasteiger partial charge in [0.15, 0.2) is 0 Å². The van der Waals surface area contributed by atoms with Crippen LogP contribution in [0.4, 0.5) is 13.2 Å². The maximum Gasteiger partial charge on any atom is 0.405 e. The fraction of sp³-hybridized carbons (Fsp3) is 0.357. The molecule has 2 rings (SSSR count). The van der Waals surface area contributed by atoms with Crippen molar-refractivity contribution < 1.29 is 22.4 Å². The van der Waals surface area contributed by atoms with E-state index in [-0.39, 0.29) is 5.22 Å². The Kier molecular flexibility index (Phi) is 5.30. The zero-order valence-corrected chi connectivity index (χ0v) is 13.2. The average Bonchev–Trinajstić information content (AvgIpc) is 2.92. The summed E-state index contributed by atoms with van der Waals surface area (Å²) >= 11 is 0.904. The Morgan fingerprint density at radius 1 is 1.35 bits per heavy atom. The number of thioether (sulfide) groups is 1. The molecule has 0 aliphatic rings. The van der Waals surface area contributed by atoms with Crippen molar-refractivity contribution in [1.82, 2.24) is 15.5 Å². The fourth-order valence-corrected chi connectivity index (χ4v) is 2.42. The molecule has 0 aliphatic heterocycles.